The van der Waals surface area contributed by atoms with Crippen LogP contribution in [0.2, 0.25) is 0 Å². The van der Waals surface area contributed by atoms with E-state index in [1.807, 2.05) is 0 Å². The van der Waals surface area contributed by atoms with Gasteiger partial charge in [0.25, 0.3) is 0 Å². The number of hydrogen-bond donors (Lipinski definition) is 2. The Morgan fingerprint density at radius 1 is 1.37 bits per heavy atom. The van der Waals surface area contributed by atoms with Gasteiger partial charge in [0.2, 0.25) is 0 Å². The van der Waals surface area contributed by atoms with E-state index in [0.717, 1.165) is 6.07 Å². The smallest absolute Gasteiger partial charge is 0.307 e. The summed E-state index contributed by atoms with van der Waals surface area (Å²) in [5, 5.41) is 8.82. The Morgan fingerprint density at radius 3 is 2.79 bits per heavy atom. The Kier molecular flexibility index (Phi) is 3.41. The molecule has 0 aliphatic carbocycles. The van der Waals surface area contributed by atoms with Crippen LogP contribution in [0.25, 0.3) is 11.3 Å². The lowest BCUT2D eigenvalue weighted by Gasteiger charge is -2.09. The predicted octanol–water partition coefficient (Wildman–Crippen LogP) is 2.24. The van der Waals surface area contributed by atoms with Crippen molar-refractivity contribution in [3.8, 4) is 11.3 Å². The summed E-state index contributed by atoms with van der Waals surface area (Å²) < 4.78 is 26.9. The molecule has 6 heteroatoms. The fourth-order valence-electron chi connectivity index (χ4n) is 1.76. The van der Waals surface area contributed by atoms with E-state index in [9.17, 15) is 13.6 Å². The van der Waals surface area contributed by atoms with Crippen LogP contribution >= 0.6 is 0 Å². The van der Waals surface area contributed by atoms with Crippen LogP contribution in [0, 0.1) is 11.6 Å². The molecular formula is C13H10F2N2O2. The first-order valence-corrected chi connectivity index (χ1v) is 5.39. The van der Waals surface area contributed by atoms with Crippen LogP contribution in [0.15, 0.2) is 30.5 Å². The van der Waals surface area contributed by atoms with E-state index in [-0.39, 0.29) is 28.9 Å². The molecule has 1 aromatic carbocycles. The van der Waals surface area contributed by atoms with Gasteiger partial charge in [0.1, 0.15) is 0 Å². The topological polar surface area (TPSA) is 76.2 Å². The number of aliphatic carboxylic acids is 1. The Balaban J connectivity index is 2.61. The van der Waals surface area contributed by atoms with Crippen molar-refractivity contribution in [3.05, 3.63) is 47.7 Å². The van der Waals surface area contributed by atoms with E-state index in [2.05, 4.69) is 4.98 Å². The van der Waals surface area contributed by atoms with Crippen molar-refractivity contribution >= 4 is 11.7 Å². The second kappa shape index (κ2) is 5.01. The number of anilines is 1. The second-order valence-corrected chi connectivity index (χ2v) is 3.95. The summed E-state index contributed by atoms with van der Waals surface area (Å²) in [5.74, 6) is -3.19. The molecule has 0 radical (unpaired) electrons. The van der Waals surface area contributed by atoms with Crippen LogP contribution in [0.4, 0.5) is 14.5 Å². The van der Waals surface area contributed by atoms with Crippen molar-refractivity contribution in [2.45, 2.75) is 6.42 Å². The van der Waals surface area contributed by atoms with Crippen LogP contribution in [-0.2, 0) is 11.2 Å². The number of halogens is 2. The van der Waals surface area contributed by atoms with E-state index in [0.29, 0.717) is 0 Å². The molecule has 4 nitrogen and oxygen atoms in total. The number of rotatable bonds is 3. The quantitative estimate of drug-likeness (QED) is 0.891. The minimum atomic E-state index is -1.11. The molecule has 0 unspecified atom stereocenters. The predicted molar refractivity (Wildman–Crippen MR) is 65.3 cm³/mol. The van der Waals surface area contributed by atoms with E-state index in [1.165, 1.54) is 24.4 Å². The minimum Gasteiger partial charge on any atom is -0.481 e. The Hall–Kier alpha value is -2.50. The van der Waals surface area contributed by atoms with Gasteiger partial charge >= 0.3 is 5.97 Å². The van der Waals surface area contributed by atoms with E-state index >= 15 is 0 Å². The van der Waals surface area contributed by atoms with Gasteiger partial charge in [0.15, 0.2) is 11.6 Å². The number of nitrogen functional groups attached to an aromatic ring is 1. The minimum absolute atomic E-state index is 0.0774. The van der Waals surface area contributed by atoms with Crippen molar-refractivity contribution in [2.75, 3.05) is 5.73 Å². The molecule has 0 aliphatic heterocycles. The summed E-state index contributed by atoms with van der Waals surface area (Å²) in [6, 6.07) is 5.03. The lowest BCUT2D eigenvalue weighted by Crippen LogP contribution is -2.05. The van der Waals surface area contributed by atoms with Gasteiger partial charge in [0, 0.05) is 5.56 Å². The van der Waals surface area contributed by atoms with Crippen LogP contribution in [0.1, 0.15) is 5.56 Å². The van der Waals surface area contributed by atoms with Crippen molar-refractivity contribution in [1.82, 2.24) is 4.98 Å². The Morgan fingerprint density at radius 2 is 2.11 bits per heavy atom. The molecule has 0 atom stereocenters. The third-order valence-electron chi connectivity index (χ3n) is 2.54. The fraction of sp³-hybridized carbons (Fsp3) is 0.0769. The number of nitrogens with two attached hydrogens (primary N) is 1. The molecule has 3 N–H and O–H groups in total. The maximum absolute atomic E-state index is 13.7. The van der Waals surface area contributed by atoms with E-state index in [1.54, 1.807) is 0 Å². The number of carboxylic acid groups (broad SMARTS) is 1. The molecule has 19 heavy (non-hydrogen) atoms. The highest BCUT2D eigenvalue weighted by atomic mass is 19.2. The largest absolute Gasteiger partial charge is 0.481 e. The Labute approximate surface area is 107 Å². The van der Waals surface area contributed by atoms with Crippen LogP contribution in [0.3, 0.4) is 0 Å². The zero-order valence-electron chi connectivity index (χ0n) is 9.73. The van der Waals surface area contributed by atoms with Crippen LogP contribution in [0.5, 0.6) is 0 Å². The number of carboxylic acids is 1. The molecule has 1 aromatic heterocycles. The van der Waals surface area contributed by atoms with Crippen molar-refractivity contribution in [2.24, 2.45) is 0 Å². The average Bonchev–Trinajstić information content (AvgIpc) is 2.33. The molecule has 0 fully saturated rings. The SMILES string of the molecule is Nc1cnc(-c2cccc(F)c2F)c(CC(=O)O)c1. The average molecular weight is 264 g/mol. The maximum atomic E-state index is 13.7. The summed E-state index contributed by atoms with van der Waals surface area (Å²) >= 11 is 0. The maximum Gasteiger partial charge on any atom is 0.307 e. The van der Waals surface area contributed by atoms with Gasteiger partial charge in [0.05, 0.1) is 24.0 Å². The first-order valence-electron chi connectivity index (χ1n) is 5.39. The number of aromatic nitrogens is 1. The summed E-state index contributed by atoms with van der Waals surface area (Å²) in [4.78, 5) is 14.7. The fourth-order valence-corrected chi connectivity index (χ4v) is 1.76. The number of pyridine rings is 1. The molecular weight excluding hydrogens is 254 g/mol. The zero-order valence-corrected chi connectivity index (χ0v) is 9.73. The normalized spacial score (nSPS) is 10.4. The Bertz CT molecular complexity index is 645. The molecule has 0 spiro atoms. The van der Waals surface area contributed by atoms with Gasteiger partial charge in [-0.3, -0.25) is 9.78 Å². The number of benzene rings is 1. The number of carbonyl (C=O) groups is 1. The molecule has 0 aliphatic rings. The second-order valence-electron chi connectivity index (χ2n) is 3.95. The van der Waals surface area contributed by atoms with Crippen LogP contribution < -0.4 is 5.73 Å². The molecule has 1 heterocycles. The van der Waals surface area contributed by atoms with Gasteiger partial charge < -0.3 is 10.8 Å². The van der Waals surface area contributed by atoms with Gasteiger partial charge in [-0.1, -0.05) is 6.07 Å². The molecule has 0 saturated heterocycles. The summed E-state index contributed by atoms with van der Waals surface area (Å²) in [6.07, 6.45) is 0.897. The van der Waals surface area contributed by atoms with Gasteiger partial charge in [-0.05, 0) is 23.8 Å². The number of nitrogens with zero attached hydrogens (tertiary/aromatic N) is 1. The van der Waals surface area contributed by atoms with Gasteiger partial charge in [-0.25, -0.2) is 8.78 Å². The highest BCUT2D eigenvalue weighted by Crippen LogP contribution is 2.27. The van der Waals surface area contributed by atoms with Crippen LogP contribution in [-0.4, -0.2) is 16.1 Å². The van der Waals surface area contributed by atoms with Crippen molar-refractivity contribution in [3.63, 3.8) is 0 Å². The lowest BCUT2D eigenvalue weighted by atomic mass is 10.0. The molecule has 0 saturated carbocycles. The molecule has 0 bridgehead atoms. The molecule has 0 amide bonds. The van der Waals surface area contributed by atoms with Crippen molar-refractivity contribution in [1.29, 1.82) is 0 Å². The van der Waals surface area contributed by atoms with E-state index < -0.39 is 17.6 Å². The third kappa shape index (κ3) is 2.67. The highest BCUT2D eigenvalue weighted by molar-refractivity contribution is 5.76. The standard InChI is InChI=1S/C13H10F2N2O2/c14-10-3-1-2-9(12(10)15)13-7(5-11(18)19)4-8(16)6-17-13/h1-4,6H,5,16H2,(H,18,19). The van der Waals surface area contributed by atoms with Gasteiger partial charge in [-0.2, -0.15) is 0 Å². The summed E-state index contributed by atoms with van der Waals surface area (Å²) in [7, 11) is 0. The van der Waals surface area contributed by atoms with E-state index in [4.69, 9.17) is 10.8 Å². The molecule has 2 aromatic rings. The number of hydrogen-bond acceptors (Lipinski definition) is 3. The highest BCUT2D eigenvalue weighted by Gasteiger charge is 2.16. The molecule has 2 rings (SSSR count). The third-order valence-corrected chi connectivity index (χ3v) is 2.54. The first-order chi connectivity index (χ1) is 8.99. The summed E-state index contributed by atoms with van der Waals surface area (Å²) in [6.45, 7) is 0. The van der Waals surface area contributed by atoms with Crippen molar-refractivity contribution < 1.29 is 18.7 Å². The lowest BCUT2D eigenvalue weighted by molar-refractivity contribution is -0.136. The molecule has 98 valence electrons. The summed E-state index contributed by atoms with van der Waals surface area (Å²) in [5.41, 5.74) is 6.01. The monoisotopic (exact) mass is 264 g/mol. The zero-order chi connectivity index (χ0) is 14.0. The van der Waals surface area contributed by atoms with Gasteiger partial charge in [-0.15, -0.1) is 0 Å². The first kappa shape index (κ1) is 12.9.